The van der Waals surface area contributed by atoms with E-state index in [0.717, 1.165) is 16.7 Å². The van der Waals surface area contributed by atoms with E-state index in [0.29, 0.717) is 12.3 Å². The first-order valence-corrected chi connectivity index (χ1v) is 8.68. The maximum absolute atomic E-state index is 13.1. The maximum Gasteiger partial charge on any atom is 0.273 e. The summed E-state index contributed by atoms with van der Waals surface area (Å²) >= 11 is 0. The van der Waals surface area contributed by atoms with Gasteiger partial charge in [-0.1, -0.05) is 47.1 Å². The van der Waals surface area contributed by atoms with Crippen LogP contribution in [0.1, 0.15) is 27.7 Å². The summed E-state index contributed by atoms with van der Waals surface area (Å²) in [5, 5.41) is 6.74. The van der Waals surface area contributed by atoms with Crippen molar-refractivity contribution in [3.63, 3.8) is 0 Å². The average Bonchev–Trinajstić information content (AvgIpc) is 3.14. The van der Waals surface area contributed by atoms with Crippen LogP contribution in [-0.2, 0) is 0 Å². The molecule has 3 aromatic rings. The van der Waals surface area contributed by atoms with Gasteiger partial charge in [-0.05, 0) is 38.7 Å². The fourth-order valence-corrected chi connectivity index (χ4v) is 2.80. The van der Waals surface area contributed by atoms with Gasteiger partial charge >= 0.3 is 0 Å². The topological polar surface area (TPSA) is 58.4 Å². The van der Waals surface area contributed by atoms with Crippen molar-refractivity contribution in [2.24, 2.45) is 0 Å². The molecule has 27 heavy (non-hydrogen) atoms. The second kappa shape index (κ2) is 8.14. The molecule has 140 valence electrons. The van der Waals surface area contributed by atoms with Crippen molar-refractivity contribution in [2.45, 2.75) is 13.0 Å². The lowest BCUT2D eigenvalue weighted by atomic mass is 10.1. The Morgan fingerprint density at radius 1 is 1.15 bits per heavy atom. The summed E-state index contributed by atoms with van der Waals surface area (Å²) in [6.45, 7) is 2.37. The predicted molar refractivity (Wildman–Crippen MR) is 102 cm³/mol. The van der Waals surface area contributed by atoms with Gasteiger partial charge in [-0.25, -0.2) is 4.39 Å². The van der Waals surface area contributed by atoms with Crippen LogP contribution in [0.15, 0.2) is 59.1 Å². The summed E-state index contributed by atoms with van der Waals surface area (Å²) in [5.41, 5.74) is 3.15. The molecule has 1 aromatic heterocycles. The van der Waals surface area contributed by atoms with Crippen molar-refractivity contribution < 1.29 is 13.7 Å². The van der Waals surface area contributed by atoms with Gasteiger partial charge in [0.05, 0.1) is 6.04 Å². The minimum atomic E-state index is -0.314. The van der Waals surface area contributed by atoms with Gasteiger partial charge in [-0.15, -0.1) is 0 Å². The SMILES string of the molecule is Cc1ccc(-c2cc(C(=O)NC[C@@H](c3ccc(F)cc3)N(C)C)no2)cc1. The highest BCUT2D eigenvalue weighted by Gasteiger charge is 2.18. The molecular formula is C21H22FN3O2. The minimum absolute atomic E-state index is 0.0852. The number of hydrogen-bond acceptors (Lipinski definition) is 4. The summed E-state index contributed by atoms with van der Waals surface area (Å²) in [7, 11) is 3.82. The number of rotatable bonds is 6. The molecule has 1 N–H and O–H groups in total. The van der Waals surface area contributed by atoms with Crippen LogP contribution in [0.4, 0.5) is 4.39 Å². The Morgan fingerprint density at radius 2 is 1.81 bits per heavy atom. The van der Waals surface area contributed by atoms with E-state index in [1.165, 1.54) is 12.1 Å². The molecule has 0 bridgehead atoms. The van der Waals surface area contributed by atoms with Crippen LogP contribution in [0, 0.1) is 12.7 Å². The van der Waals surface area contributed by atoms with Gasteiger partial charge in [0.2, 0.25) is 0 Å². The minimum Gasteiger partial charge on any atom is -0.355 e. The number of carbonyl (C=O) groups is 1. The second-order valence-electron chi connectivity index (χ2n) is 6.68. The summed E-state index contributed by atoms with van der Waals surface area (Å²) in [5.74, 6) is -0.0551. The number of amides is 1. The number of carbonyl (C=O) groups excluding carboxylic acids is 1. The Labute approximate surface area is 157 Å². The normalized spacial score (nSPS) is 12.2. The molecule has 0 saturated carbocycles. The third-order valence-electron chi connectivity index (χ3n) is 4.41. The van der Waals surface area contributed by atoms with Gasteiger partial charge in [-0.2, -0.15) is 0 Å². The quantitative estimate of drug-likeness (QED) is 0.720. The van der Waals surface area contributed by atoms with Crippen molar-refractivity contribution >= 4 is 5.91 Å². The van der Waals surface area contributed by atoms with Gasteiger partial charge in [0.15, 0.2) is 11.5 Å². The summed E-state index contributed by atoms with van der Waals surface area (Å²) < 4.78 is 18.4. The molecule has 0 unspecified atom stereocenters. The van der Waals surface area contributed by atoms with E-state index in [1.54, 1.807) is 18.2 Å². The van der Waals surface area contributed by atoms with Gasteiger partial charge in [0.1, 0.15) is 5.82 Å². The van der Waals surface area contributed by atoms with E-state index in [1.807, 2.05) is 50.2 Å². The molecule has 2 aromatic carbocycles. The molecule has 5 nitrogen and oxygen atoms in total. The largest absolute Gasteiger partial charge is 0.355 e. The van der Waals surface area contributed by atoms with Crippen LogP contribution in [0.25, 0.3) is 11.3 Å². The molecular weight excluding hydrogens is 345 g/mol. The number of likely N-dealkylation sites (N-methyl/N-ethyl adjacent to an activating group) is 1. The number of aryl methyl sites for hydroxylation is 1. The molecule has 0 radical (unpaired) electrons. The third-order valence-corrected chi connectivity index (χ3v) is 4.41. The van der Waals surface area contributed by atoms with Crippen LogP contribution in [0.5, 0.6) is 0 Å². The zero-order valence-electron chi connectivity index (χ0n) is 15.6. The molecule has 0 aliphatic heterocycles. The number of benzene rings is 2. The van der Waals surface area contributed by atoms with E-state index in [4.69, 9.17) is 4.52 Å². The molecule has 1 atom stereocenters. The van der Waals surface area contributed by atoms with E-state index < -0.39 is 0 Å². The molecule has 0 spiro atoms. The van der Waals surface area contributed by atoms with E-state index in [-0.39, 0.29) is 23.5 Å². The lowest BCUT2D eigenvalue weighted by Gasteiger charge is -2.25. The lowest BCUT2D eigenvalue weighted by Crippen LogP contribution is -2.34. The molecule has 0 saturated heterocycles. The van der Waals surface area contributed by atoms with Crippen molar-refractivity contribution in [1.29, 1.82) is 0 Å². The van der Waals surface area contributed by atoms with Crippen molar-refractivity contribution in [2.75, 3.05) is 20.6 Å². The summed E-state index contributed by atoms with van der Waals surface area (Å²) in [6.07, 6.45) is 0. The Morgan fingerprint density at radius 3 is 2.44 bits per heavy atom. The first kappa shape index (κ1) is 18.8. The van der Waals surface area contributed by atoms with E-state index >= 15 is 0 Å². The van der Waals surface area contributed by atoms with Crippen LogP contribution in [0.3, 0.4) is 0 Å². The zero-order chi connectivity index (χ0) is 19.4. The van der Waals surface area contributed by atoms with Gasteiger partial charge in [0.25, 0.3) is 5.91 Å². The lowest BCUT2D eigenvalue weighted by molar-refractivity contribution is 0.0933. The Kier molecular flexibility index (Phi) is 5.66. The first-order valence-electron chi connectivity index (χ1n) is 8.68. The van der Waals surface area contributed by atoms with Crippen molar-refractivity contribution in [3.8, 4) is 11.3 Å². The second-order valence-corrected chi connectivity index (χ2v) is 6.68. The average molecular weight is 367 g/mol. The van der Waals surface area contributed by atoms with E-state index in [9.17, 15) is 9.18 Å². The third kappa shape index (κ3) is 4.60. The monoisotopic (exact) mass is 367 g/mol. The molecule has 6 heteroatoms. The van der Waals surface area contributed by atoms with Crippen molar-refractivity contribution in [3.05, 3.63) is 77.2 Å². The highest BCUT2D eigenvalue weighted by atomic mass is 19.1. The molecule has 3 rings (SSSR count). The van der Waals surface area contributed by atoms with Crippen molar-refractivity contribution in [1.82, 2.24) is 15.4 Å². The van der Waals surface area contributed by atoms with Gasteiger partial charge < -0.3 is 14.7 Å². The molecule has 0 fully saturated rings. The maximum atomic E-state index is 13.1. The standard InChI is InChI=1S/C21H22FN3O2/c1-14-4-6-16(7-5-14)20-12-18(24-27-20)21(26)23-13-19(25(2)3)15-8-10-17(22)11-9-15/h4-12,19H,13H2,1-3H3,(H,23,26)/t19-/m0/s1. The molecule has 1 heterocycles. The molecule has 0 aliphatic carbocycles. The number of nitrogens with zero attached hydrogens (tertiary/aromatic N) is 2. The Balaban J connectivity index is 1.67. The number of aromatic nitrogens is 1. The summed E-state index contributed by atoms with van der Waals surface area (Å²) in [6, 6.07) is 15.6. The van der Waals surface area contributed by atoms with Crippen LogP contribution < -0.4 is 5.32 Å². The Bertz CT molecular complexity index is 902. The van der Waals surface area contributed by atoms with Crippen LogP contribution in [0.2, 0.25) is 0 Å². The number of hydrogen-bond donors (Lipinski definition) is 1. The van der Waals surface area contributed by atoms with Crippen LogP contribution in [-0.4, -0.2) is 36.6 Å². The summed E-state index contributed by atoms with van der Waals surface area (Å²) in [4.78, 5) is 14.4. The smallest absolute Gasteiger partial charge is 0.273 e. The van der Waals surface area contributed by atoms with Gasteiger partial charge in [-0.3, -0.25) is 4.79 Å². The first-order chi connectivity index (χ1) is 12.9. The molecule has 0 aliphatic rings. The number of nitrogens with one attached hydrogen (secondary N) is 1. The zero-order valence-corrected chi connectivity index (χ0v) is 15.6. The fourth-order valence-electron chi connectivity index (χ4n) is 2.80. The van der Waals surface area contributed by atoms with Gasteiger partial charge in [0, 0.05) is 18.2 Å². The Hall–Kier alpha value is -2.99. The van der Waals surface area contributed by atoms with E-state index in [2.05, 4.69) is 10.5 Å². The highest BCUT2D eigenvalue weighted by molar-refractivity contribution is 5.93. The predicted octanol–water partition coefficient (Wildman–Crippen LogP) is 3.82. The fraction of sp³-hybridized carbons (Fsp3) is 0.238. The van der Waals surface area contributed by atoms with Crippen LogP contribution >= 0.6 is 0 Å². The molecule has 1 amide bonds. The number of halogens is 1. The highest BCUT2D eigenvalue weighted by Crippen LogP contribution is 2.21.